The van der Waals surface area contributed by atoms with Crippen molar-refractivity contribution in [1.82, 2.24) is 0 Å². The zero-order valence-electron chi connectivity index (χ0n) is 7.97. The van der Waals surface area contributed by atoms with Gasteiger partial charge in [0.05, 0.1) is 10.9 Å². The minimum atomic E-state index is -0.974. The van der Waals surface area contributed by atoms with Gasteiger partial charge in [-0.3, -0.25) is 4.79 Å². The number of ether oxygens (including phenoxy) is 1. The highest BCUT2D eigenvalue weighted by atomic mass is 79.9. The van der Waals surface area contributed by atoms with Crippen LogP contribution in [0.25, 0.3) is 0 Å². The highest BCUT2D eigenvalue weighted by Gasteiger charge is 2.17. The average molecular weight is 296 g/mol. The summed E-state index contributed by atoms with van der Waals surface area (Å²) in [5.74, 6) is -0.0837. The van der Waals surface area contributed by atoms with Crippen LogP contribution in [0.1, 0.15) is 17.3 Å². The van der Waals surface area contributed by atoms with Crippen molar-refractivity contribution in [1.29, 1.82) is 0 Å². The first kappa shape index (κ1) is 12.5. The van der Waals surface area contributed by atoms with E-state index in [2.05, 4.69) is 15.9 Å². The first-order valence-corrected chi connectivity index (χ1v) is 5.45. The summed E-state index contributed by atoms with van der Waals surface area (Å²) in [6.07, 6.45) is 0. The largest absolute Gasteiger partial charge is 0.462 e. The molecule has 0 saturated heterocycles. The predicted molar refractivity (Wildman–Crippen MR) is 60.4 cm³/mol. The Kier molecular flexibility index (Phi) is 4.54. The van der Waals surface area contributed by atoms with Gasteiger partial charge in [0.25, 0.3) is 0 Å². The molecule has 0 aliphatic carbocycles. The van der Waals surface area contributed by atoms with Gasteiger partial charge < -0.3 is 4.74 Å². The highest BCUT2D eigenvalue weighted by molar-refractivity contribution is 9.10. The number of ketones is 1. The minimum absolute atomic E-state index is 0.207. The number of carbonyl (C=O) groups is 1. The number of carbonyl (C=O) groups excluding carboxylic acids is 1. The summed E-state index contributed by atoms with van der Waals surface area (Å²) in [5.41, 5.74) is 0.282. The molecular formula is C10H9BrClFO2. The van der Waals surface area contributed by atoms with Crippen molar-refractivity contribution in [3.8, 4) is 5.75 Å². The fourth-order valence-electron chi connectivity index (χ4n) is 1.09. The van der Waals surface area contributed by atoms with Crippen LogP contribution >= 0.6 is 27.5 Å². The molecule has 0 spiro atoms. The lowest BCUT2D eigenvalue weighted by atomic mass is 10.1. The smallest absolute Gasteiger partial charge is 0.228 e. The first-order valence-electron chi connectivity index (χ1n) is 4.23. The first-order chi connectivity index (χ1) is 7.06. The van der Waals surface area contributed by atoms with Crippen molar-refractivity contribution in [2.45, 2.75) is 12.3 Å². The van der Waals surface area contributed by atoms with E-state index in [0.29, 0.717) is 0 Å². The van der Waals surface area contributed by atoms with E-state index in [1.54, 1.807) is 19.1 Å². The quantitative estimate of drug-likeness (QED) is 0.627. The lowest BCUT2D eigenvalue weighted by Crippen LogP contribution is -2.12. The van der Waals surface area contributed by atoms with Crippen molar-refractivity contribution in [2.24, 2.45) is 0 Å². The van der Waals surface area contributed by atoms with Crippen LogP contribution in [-0.2, 0) is 0 Å². The van der Waals surface area contributed by atoms with Gasteiger partial charge in [-0.05, 0) is 25.1 Å². The lowest BCUT2D eigenvalue weighted by molar-refractivity contribution is 0.0984. The van der Waals surface area contributed by atoms with Crippen LogP contribution in [0.3, 0.4) is 0 Å². The molecule has 0 aliphatic heterocycles. The van der Waals surface area contributed by atoms with Crippen LogP contribution in [-0.4, -0.2) is 18.0 Å². The Morgan fingerprint density at radius 3 is 2.87 bits per heavy atom. The molecule has 0 bridgehead atoms. The summed E-state index contributed by atoms with van der Waals surface area (Å²) < 4.78 is 17.5. The SMILES string of the molecule is CC(Cl)C(=O)c1cc(Br)ccc1OCF. The molecule has 0 aromatic heterocycles. The predicted octanol–water partition coefficient (Wildman–Crippen LogP) is 3.56. The number of halogens is 3. The standard InChI is InChI=1S/C10H9BrClFO2/c1-6(12)10(14)8-4-7(11)2-3-9(8)15-5-13/h2-4,6H,5H2,1H3. The van der Waals surface area contributed by atoms with Gasteiger partial charge in [0.2, 0.25) is 6.86 Å². The van der Waals surface area contributed by atoms with Crippen LogP contribution in [0.5, 0.6) is 5.75 Å². The second-order valence-electron chi connectivity index (χ2n) is 2.87. The summed E-state index contributed by atoms with van der Waals surface area (Å²) in [4.78, 5) is 11.6. The fraction of sp³-hybridized carbons (Fsp3) is 0.300. The maximum Gasteiger partial charge on any atom is 0.228 e. The number of Topliss-reactive ketones (excluding diaryl/α,β-unsaturated/α-hetero) is 1. The Hall–Kier alpha value is -0.610. The second-order valence-corrected chi connectivity index (χ2v) is 4.44. The maximum absolute atomic E-state index is 12.0. The van der Waals surface area contributed by atoms with Gasteiger partial charge in [0, 0.05) is 4.47 Å². The lowest BCUT2D eigenvalue weighted by Gasteiger charge is -2.09. The molecule has 15 heavy (non-hydrogen) atoms. The fourth-order valence-corrected chi connectivity index (χ4v) is 1.57. The van der Waals surface area contributed by atoms with Gasteiger partial charge in [0.1, 0.15) is 5.75 Å². The molecule has 0 aliphatic rings. The summed E-state index contributed by atoms with van der Waals surface area (Å²) in [6.45, 7) is 0.586. The molecule has 82 valence electrons. The minimum Gasteiger partial charge on any atom is -0.462 e. The van der Waals surface area contributed by atoms with E-state index in [0.717, 1.165) is 4.47 Å². The normalized spacial score (nSPS) is 12.3. The zero-order valence-corrected chi connectivity index (χ0v) is 10.3. The van der Waals surface area contributed by atoms with Crippen molar-refractivity contribution in [2.75, 3.05) is 6.86 Å². The van der Waals surface area contributed by atoms with E-state index in [1.165, 1.54) is 6.07 Å². The summed E-state index contributed by atoms with van der Waals surface area (Å²) in [6, 6.07) is 4.75. The van der Waals surface area contributed by atoms with Crippen LogP contribution in [0.4, 0.5) is 4.39 Å². The Bertz CT molecular complexity index is 368. The number of hydrogen-bond acceptors (Lipinski definition) is 2. The van der Waals surface area contributed by atoms with Gasteiger partial charge in [-0.25, -0.2) is 4.39 Å². The molecule has 2 nitrogen and oxygen atoms in total. The Morgan fingerprint density at radius 2 is 2.33 bits per heavy atom. The Morgan fingerprint density at radius 1 is 1.67 bits per heavy atom. The van der Waals surface area contributed by atoms with Crippen LogP contribution < -0.4 is 4.74 Å². The summed E-state index contributed by atoms with van der Waals surface area (Å²) in [7, 11) is 0. The molecule has 1 rings (SSSR count). The van der Waals surface area contributed by atoms with Crippen molar-refractivity contribution < 1.29 is 13.9 Å². The van der Waals surface area contributed by atoms with E-state index in [1.807, 2.05) is 0 Å². The highest BCUT2D eigenvalue weighted by Crippen LogP contribution is 2.25. The molecule has 1 aromatic rings. The van der Waals surface area contributed by atoms with Crippen molar-refractivity contribution in [3.63, 3.8) is 0 Å². The summed E-state index contributed by atoms with van der Waals surface area (Å²) >= 11 is 8.89. The number of alkyl halides is 2. The number of hydrogen-bond donors (Lipinski definition) is 0. The molecule has 1 aromatic carbocycles. The second kappa shape index (κ2) is 5.47. The topological polar surface area (TPSA) is 26.3 Å². The molecule has 0 N–H and O–H groups in total. The zero-order chi connectivity index (χ0) is 11.4. The molecular weight excluding hydrogens is 286 g/mol. The van der Waals surface area contributed by atoms with Gasteiger partial charge in [-0.15, -0.1) is 11.6 Å². The van der Waals surface area contributed by atoms with E-state index >= 15 is 0 Å². The van der Waals surface area contributed by atoms with E-state index in [9.17, 15) is 9.18 Å². The molecule has 0 fully saturated rings. The third kappa shape index (κ3) is 3.18. The monoisotopic (exact) mass is 294 g/mol. The van der Waals surface area contributed by atoms with Gasteiger partial charge in [-0.1, -0.05) is 15.9 Å². The Balaban J connectivity index is 3.12. The van der Waals surface area contributed by atoms with Crippen LogP contribution in [0.15, 0.2) is 22.7 Å². The number of benzene rings is 1. The summed E-state index contributed by atoms with van der Waals surface area (Å²) in [5, 5.41) is -0.665. The molecule has 0 saturated carbocycles. The third-order valence-electron chi connectivity index (χ3n) is 1.78. The molecule has 1 atom stereocenters. The Labute approximate surface area is 101 Å². The van der Waals surface area contributed by atoms with Crippen LogP contribution in [0, 0.1) is 0 Å². The van der Waals surface area contributed by atoms with E-state index < -0.39 is 12.2 Å². The van der Waals surface area contributed by atoms with E-state index in [4.69, 9.17) is 16.3 Å². The number of rotatable bonds is 4. The van der Waals surface area contributed by atoms with Crippen molar-refractivity contribution in [3.05, 3.63) is 28.2 Å². The third-order valence-corrected chi connectivity index (χ3v) is 2.47. The van der Waals surface area contributed by atoms with Gasteiger partial charge in [0.15, 0.2) is 5.78 Å². The van der Waals surface area contributed by atoms with E-state index in [-0.39, 0.29) is 17.1 Å². The average Bonchev–Trinajstić information content (AvgIpc) is 2.20. The molecule has 0 radical (unpaired) electrons. The molecule has 0 heterocycles. The van der Waals surface area contributed by atoms with Crippen LogP contribution in [0.2, 0.25) is 0 Å². The molecule has 5 heteroatoms. The van der Waals surface area contributed by atoms with Gasteiger partial charge in [-0.2, -0.15) is 0 Å². The molecule has 1 unspecified atom stereocenters. The molecule has 0 amide bonds. The van der Waals surface area contributed by atoms with Gasteiger partial charge >= 0.3 is 0 Å². The van der Waals surface area contributed by atoms with Crippen molar-refractivity contribution >= 4 is 33.3 Å². The maximum atomic E-state index is 12.0.